The van der Waals surface area contributed by atoms with Gasteiger partial charge < -0.3 is 5.32 Å². The van der Waals surface area contributed by atoms with Crippen molar-refractivity contribution in [3.63, 3.8) is 0 Å². The lowest BCUT2D eigenvalue weighted by Crippen LogP contribution is -2.34. The van der Waals surface area contributed by atoms with Crippen LogP contribution in [-0.2, 0) is 6.42 Å². The highest BCUT2D eigenvalue weighted by molar-refractivity contribution is 5.58. The highest BCUT2D eigenvalue weighted by Gasteiger charge is 2.42. The van der Waals surface area contributed by atoms with Crippen molar-refractivity contribution < 1.29 is 13.2 Å². The lowest BCUT2D eigenvalue weighted by Gasteiger charge is -2.14. The molecule has 0 saturated heterocycles. The highest BCUT2D eigenvalue weighted by Crippen LogP contribution is 2.34. The third-order valence-electron chi connectivity index (χ3n) is 2.41. The monoisotopic (exact) mass is 201 g/mol. The summed E-state index contributed by atoms with van der Waals surface area (Å²) >= 11 is 0. The summed E-state index contributed by atoms with van der Waals surface area (Å²) < 4.78 is 37.1. The second-order valence-corrected chi connectivity index (χ2v) is 3.60. The third-order valence-corrected chi connectivity index (χ3v) is 2.41. The van der Waals surface area contributed by atoms with E-state index >= 15 is 0 Å². The molecule has 1 N–H and O–H groups in total. The Balaban J connectivity index is 2.26. The Morgan fingerprint density at radius 1 is 1.36 bits per heavy atom. The van der Waals surface area contributed by atoms with Gasteiger partial charge >= 0.3 is 6.18 Å². The van der Waals surface area contributed by atoms with Crippen LogP contribution >= 0.6 is 0 Å². The molecule has 0 aliphatic carbocycles. The smallest absolute Gasteiger partial charge is 0.373 e. The number of hydrogen-bond acceptors (Lipinski definition) is 1. The molecule has 4 heteroatoms. The average Bonchev–Trinajstić information content (AvgIpc) is 2.45. The van der Waals surface area contributed by atoms with Crippen molar-refractivity contribution in [2.24, 2.45) is 0 Å². The minimum absolute atomic E-state index is 0.0422. The Hall–Kier alpha value is -1.19. The Kier molecular flexibility index (Phi) is 1.94. The van der Waals surface area contributed by atoms with Crippen LogP contribution in [0.3, 0.4) is 0 Å². The highest BCUT2D eigenvalue weighted by atomic mass is 19.4. The first-order chi connectivity index (χ1) is 6.47. The van der Waals surface area contributed by atoms with E-state index in [-0.39, 0.29) is 6.42 Å². The van der Waals surface area contributed by atoms with E-state index in [2.05, 4.69) is 5.32 Å². The predicted molar refractivity (Wildman–Crippen MR) is 48.3 cm³/mol. The van der Waals surface area contributed by atoms with Crippen LogP contribution in [0.2, 0.25) is 0 Å². The molecule has 1 aliphatic rings. The zero-order valence-electron chi connectivity index (χ0n) is 7.65. The summed E-state index contributed by atoms with van der Waals surface area (Å²) in [7, 11) is 0. The fraction of sp³-hybridized carbons (Fsp3) is 0.400. The lowest BCUT2D eigenvalue weighted by molar-refractivity contribution is -0.140. The molecule has 0 spiro atoms. The second-order valence-electron chi connectivity index (χ2n) is 3.60. The summed E-state index contributed by atoms with van der Waals surface area (Å²) in [5.41, 5.74) is 2.36. The van der Waals surface area contributed by atoms with E-state index in [0.717, 1.165) is 11.1 Å². The van der Waals surface area contributed by atoms with E-state index in [1.165, 1.54) is 0 Å². The van der Waals surface area contributed by atoms with E-state index in [0.29, 0.717) is 5.69 Å². The Bertz CT molecular complexity index is 357. The average molecular weight is 201 g/mol. The predicted octanol–water partition coefficient (Wildman–Crippen LogP) is 2.89. The summed E-state index contributed by atoms with van der Waals surface area (Å²) in [5, 5.41) is 2.48. The molecule has 1 nitrogen and oxygen atoms in total. The number of fused-ring (bicyclic) bond motifs is 1. The quantitative estimate of drug-likeness (QED) is 0.680. The standard InChI is InChI=1S/C10H10F3N/c1-6-2-3-8-7(4-6)5-9(14-8)10(11,12)13/h2-4,9,14H,5H2,1H3. The van der Waals surface area contributed by atoms with Crippen LogP contribution in [0.25, 0.3) is 0 Å². The van der Waals surface area contributed by atoms with Crippen molar-refractivity contribution >= 4 is 5.69 Å². The number of hydrogen-bond donors (Lipinski definition) is 1. The zero-order chi connectivity index (χ0) is 10.3. The SMILES string of the molecule is Cc1ccc2c(c1)CC(C(F)(F)F)N2. The van der Waals surface area contributed by atoms with Gasteiger partial charge in [-0.1, -0.05) is 17.7 Å². The fourth-order valence-corrected chi connectivity index (χ4v) is 1.69. The molecule has 1 atom stereocenters. The van der Waals surface area contributed by atoms with Gasteiger partial charge in [-0.15, -0.1) is 0 Å². The van der Waals surface area contributed by atoms with Gasteiger partial charge in [0.15, 0.2) is 0 Å². The summed E-state index contributed by atoms with van der Waals surface area (Å²) in [6.45, 7) is 1.88. The molecule has 1 aromatic rings. The summed E-state index contributed by atoms with van der Waals surface area (Å²) in [4.78, 5) is 0. The van der Waals surface area contributed by atoms with Crippen LogP contribution in [0.5, 0.6) is 0 Å². The summed E-state index contributed by atoms with van der Waals surface area (Å²) in [6, 6.07) is 3.90. The maximum atomic E-state index is 12.4. The van der Waals surface area contributed by atoms with Crippen molar-refractivity contribution in [1.82, 2.24) is 0 Å². The molecule has 14 heavy (non-hydrogen) atoms. The number of nitrogens with one attached hydrogen (secondary N) is 1. The molecule has 0 radical (unpaired) electrons. The molecule has 0 aromatic heterocycles. The molecule has 0 fully saturated rings. The minimum Gasteiger partial charge on any atom is -0.373 e. The summed E-state index contributed by atoms with van der Waals surface area (Å²) in [5.74, 6) is 0. The number of halogens is 3. The first-order valence-electron chi connectivity index (χ1n) is 4.39. The Morgan fingerprint density at radius 3 is 2.71 bits per heavy atom. The molecule has 1 unspecified atom stereocenters. The first kappa shape index (κ1) is 9.37. The van der Waals surface area contributed by atoms with Crippen LogP contribution in [0.15, 0.2) is 18.2 Å². The van der Waals surface area contributed by atoms with E-state index in [1.807, 2.05) is 13.0 Å². The number of aryl methyl sites for hydroxylation is 1. The largest absolute Gasteiger partial charge is 0.408 e. The van der Waals surface area contributed by atoms with Crippen LogP contribution in [0, 0.1) is 6.92 Å². The van der Waals surface area contributed by atoms with Crippen LogP contribution < -0.4 is 5.32 Å². The van der Waals surface area contributed by atoms with E-state index < -0.39 is 12.2 Å². The molecule has 1 aromatic carbocycles. The van der Waals surface area contributed by atoms with Gasteiger partial charge in [-0.3, -0.25) is 0 Å². The maximum Gasteiger partial charge on any atom is 0.408 e. The Morgan fingerprint density at radius 2 is 2.07 bits per heavy atom. The van der Waals surface area contributed by atoms with Crippen LogP contribution in [0.4, 0.5) is 18.9 Å². The molecule has 2 rings (SSSR count). The van der Waals surface area contributed by atoms with Crippen LogP contribution in [-0.4, -0.2) is 12.2 Å². The second kappa shape index (κ2) is 2.90. The molecular formula is C10H10F3N. The van der Waals surface area contributed by atoms with Crippen molar-refractivity contribution in [2.45, 2.75) is 25.6 Å². The number of rotatable bonds is 0. The van der Waals surface area contributed by atoms with Crippen molar-refractivity contribution in [3.8, 4) is 0 Å². The van der Waals surface area contributed by atoms with E-state index in [1.54, 1.807) is 12.1 Å². The molecule has 76 valence electrons. The van der Waals surface area contributed by atoms with Gasteiger partial charge in [0.2, 0.25) is 0 Å². The number of alkyl halides is 3. The molecule has 0 bridgehead atoms. The maximum absolute atomic E-state index is 12.4. The number of benzene rings is 1. The zero-order valence-corrected chi connectivity index (χ0v) is 7.65. The molecule has 0 saturated carbocycles. The normalized spacial score (nSPS) is 20.4. The lowest BCUT2D eigenvalue weighted by atomic mass is 10.1. The van der Waals surface area contributed by atoms with Crippen molar-refractivity contribution in [3.05, 3.63) is 29.3 Å². The van der Waals surface area contributed by atoms with Gasteiger partial charge in [-0.2, -0.15) is 13.2 Å². The van der Waals surface area contributed by atoms with E-state index in [9.17, 15) is 13.2 Å². The number of anilines is 1. The summed E-state index contributed by atoms with van der Waals surface area (Å²) in [6.07, 6.45) is -4.12. The molecule has 1 heterocycles. The Labute approximate surface area is 79.9 Å². The van der Waals surface area contributed by atoms with Gasteiger partial charge in [0.05, 0.1) is 0 Å². The first-order valence-corrected chi connectivity index (χ1v) is 4.39. The molecular weight excluding hydrogens is 191 g/mol. The fourth-order valence-electron chi connectivity index (χ4n) is 1.69. The van der Waals surface area contributed by atoms with Gasteiger partial charge in [0.25, 0.3) is 0 Å². The minimum atomic E-state index is -4.16. The van der Waals surface area contributed by atoms with Crippen molar-refractivity contribution in [2.75, 3.05) is 5.32 Å². The van der Waals surface area contributed by atoms with E-state index in [4.69, 9.17) is 0 Å². The molecule has 0 amide bonds. The van der Waals surface area contributed by atoms with Gasteiger partial charge in [-0.05, 0) is 18.6 Å². The molecule has 1 aliphatic heterocycles. The van der Waals surface area contributed by atoms with Gasteiger partial charge in [-0.25, -0.2) is 0 Å². The topological polar surface area (TPSA) is 12.0 Å². The van der Waals surface area contributed by atoms with Gasteiger partial charge in [0, 0.05) is 12.1 Å². The van der Waals surface area contributed by atoms with Crippen LogP contribution in [0.1, 0.15) is 11.1 Å². The third kappa shape index (κ3) is 1.56. The van der Waals surface area contributed by atoms with Crippen molar-refractivity contribution in [1.29, 1.82) is 0 Å². The van der Waals surface area contributed by atoms with Gasteiger partial charge in [0.1, 0.15) is 6.04 Å².